The molecule has 0 amide bonds. The standard InChI is InChI=1S/C13H19ClFN/c1-3-11(16-2)6-4-5-10-7-8-13(15)12(14)9-10/h7-9,11,16H,3-6H2,1-2H3. The first kappa shape index (κ1) is 13.5. The summed E-state index contributed by atoms with van der Waals surface area (Å²) in [5.74, 6) is -0.341. The molecule has 1 atom stereocenters. The second kappa shape index (κ2) is 6.87. The van der Waals surface area contributed by atoms with Gasteiger partial charge in [0, 0.05) is 6.04 Å². The highest BCUT2D eigenvalue weighted by Crippen LogP contribution is 2.17. The van der Waals surface area contributed by atoms with Crippen molar-refractivity contribution < 1.29 is 4.39 Å². The molecule has 0 aliphatic rings. The van der Waals surface area contributed by atoms with Crippen LogP contribution >= 0.6 is 11.6 Å². The summed E-state index contributed by atoms with van der Waals surface area (Å²) < 4.78 is 12.9. The van der Waals surface area contributed by atoms with Crippen molar-refractivity contribution in [3.05, 3.63) is 34.6 Å². The molecule has 0 bridgehead atoms. The van der Waals surface area contributed by atoms with E-state index in [9.17, 15) is 4.39 Å². The van der Waals surface area contributed by atoms with Gasteiger partial charge in [-0.25, -0.2) is 4.39 Å². The Kier molecular flexibility index (Phi) is 5.78. The van der Waals surface area contributed by atoms with E-state index >= 15 is 0 Å². The van der Waals surface area contributed by atoms with Gasteiger partial charge in [0.05, 0.1) is 5.02 Å². The predicted molar refractivity (Wildman–Crippen MR) is 67.5 cm³/mol. The fourth-order valence-electron chi connectivity index (χ4n) is 1.80. The van der Waals surface area contributed by atoms with Crippen LogP contribution < -0.4 is 5.32 Å². The Morgan fingerprint density at radius 2 is 2.19 bits per heavy atom. The zero-order valence-corrected chi connectivity index (χ0v) is 10.6. The molecule has 16 heavy (non-hydrogen) atoms. The average molecular weight is 244 g/mol. The highest BCUT2D eigenvalue weighted by molar-refractivity contribution is 6.30. The van der Waals surface area contributed by atoms with Gasteiger partial charge in [-0.15, -0.1) is 0 Å². The molecule has 0 aliphatic carbocycles. The van der Waals surface area contributed by atoms with Crippen LogP contribution in [-0.2, 0) is 6.42 Å². The third kappa shape index (κ3) is 4.11. The van der Waals surface area contributed by atoms with Crippen molar-refractivity contribution >= 4 is 11.6 Å². The Morgan fingerprint density at radius 3 is 2.75 bits per heavy atom. The summed E-state index contributed by atoms with van der Waals surface area (Å²) in [7, 11) is 1.99. The van der Waals surface area contributed by atoms with E-state index in [1.807, 2.05) is 13.1 Å². The second-order valence-electron chi connectivity index (χ2n) is 4.03. The first-order chi connectivity index (χ1) is 7.67. The molecule has 1 N–H and O–H groups in total. The minimum Gasteiger partial charge on any atom is -0.317 e. The monoisotopic (exact) mass is 243 g/mol. The number of hydrogen-bond acceptors (Lipinski definition) is 1. The lowest BCUT2D eigenvalue weighted by atomic mass is 10.0. The van der Waals surface area contributed by atoms with Crippen LogP contribution in [0.15, 0.2) is 18.2 Å². The van der Waals surface area contributed by atoms with Crippen LogP contribution in [0.3, 0.4) is 0 Å². The van der Waals surface area contributed by atoms with Gasteiger partial charge in [0.1, 0.15) is 5.82 Å². The van der Waals surface area contributed by atoms with Gasteiger partial charge in [0.2, 0.25) is 0 Å². The molecule has 0 saturated carbocycles. The third-order valence-corrected chi connectivity index (χ3v) is 3.19. The number of rotatable bonds is 6. The van der Waals surface area contributed by atoms with Crippen LogP contribution in [0.1, 0.15) is 31.7 Å². The van der Waals surface area contributed by atoms with Gasteiger partial charge in [0.25, 0.3) is 0 Å². The fourth-order valence-corrected chi connectivity index (χ4v) is 2.00. The Hall–Kier alpha value is -0.600. The highest BCUT2D eigenvalue weighted by Gasteiger charge is 2.04. The van der Waals surface area contributed by atoms with Gasteiger partial charge in [-0.2, -0.15) is 0 Å². The van der Waals surface area contributed by atoms with Crippen LogP contribution in [0.4, 0.5) is 4.39 Å². The molecular weight excluding hydrogens is 225 g/mol. The summed E-state index contributed by atoms with van der Waals surface area (Å²) in [6, 6.07) is 5.54. The van der Waals surface area contributed by atoms with E-state index in [-0.39, 0.29) is 10.8 Å². The summed E-state index contributed by atoms with van der Waals surface area (Å²) >= 11 is 5.72. The molecule has 0 radical (unpaired) electrons. The van der Waals surface area contributed by atoms with Crippen molar-refractivity contribution in [2.45, 2.75) is 38.6 Å². The van der Waals surface area contributed by atoms with Crippen LogP contribution in [0.2, 0.25) is 5.02 Å². The van der Waals surface area contributed by atoms with Crippen molar-refractivity contribution in [1.29, 1.82) is 0 Å². The topological polar surface area (TPSA) is 12.0 Å². The zero-order chi connectivity index (χ0) is 12.0. The van der Waals surface area contributed by atoms with Crippen molar-refractivity contribution in [2.75, 3.05) is 7.05 Å². The number of nitrogens with one attached hydrogen (secondary N) is 1. The van der Waals surface area contributed by atoms with Crippen molar-refractivity contribution in [3.8, 4) is 0 Å². The summed E-state index contributed by atoms with van der Waals surface area (Å²) in [5, 5.41) is 3.49. The summed E-state index contributed by atoms with van der Waals surface area (Å²) in [5.41, 5.74) is 1.11. The van der Waals surface area contributed by atoms with Crippen LogP contribution in [0.25, 0.3) is 0 Å². The summed E-state index contributed by atoms with van der Waals surface area (Å²) in [6.07, 6.45) is 4.34. The summed E-state index contributed by atoms with van der Waals surface area (Å²) in [4.78, 5) is 0. The highest BCUT2D eigenvalue weighted by atomic mass is 35.5. The maximum Gasteiger partial charge on any atom is 0.141 e. The molecule has 1 aromatic carbocycles. The van der Waals surface area contributed by atoms with Gasteiger partial charge in [-0.1, -0.05) is 24.6 Å². The number of halogens is 2. The van der Waals surface area contributed by atoms with E-state index in [1.54, 1.807) is 6.07 Å². The molecule has 0 aliphatic heterocycles. The summed E-state index contributed by atoms with van der Waals surface area (Å²) in [6.45, 7) is 2.18. The van der Waals surface area contributed by atoms with Gasteiger partial charge in [-0.05, 0) is 50.4 Å². The van der Waals surface area contributed by atoms with Gasteiger partial charge in [0.15, 0.2) is 0 Å². The Morgan fingerprint density at radius 1 is 1.44 bits per heavy atom. The van der Waals surface area contributed by atoms with Crippen molar-refractivity contribution in [2.24, 2.45) is 0 Å². The maximum absolute atomic E-state index is 12.9. The molecule has 0 aromatic heterocycles. The molecule has 0 spiro atoms. The Labute approximate surface area is 102 Å². The second-order valence-corrected chi connectivity index (χ2v) is 4.44. The van der Waals surface area contributed by atoms with Gasteiger partial charge >= 0.3 is 0 Å². The van der Waals surface area contributed by atoms with Crippen LogP contribution in [0.5, 0.6) is 0 Å². The zero-order valence-electron chi connectivity index (χ0n) is 9.89. The number of hydrogen-bond donors (Lipinski definition) is 1. The Bertz CT molecular complexity index is 324. The van der Waals surface area contributed by atoms with E-state index in [2.05, 4.69) is 12.2 Å². The smallest absolute Gasteiger partial charge is 0.141 e. The molecule has 1 unspecified atom stereocenters. The first-order valence-electron chi connectivity index (χ1n) is 5.78. The largest absolute Gasteiger partial charge is 0.317 e. The number of benzene rings is 1. The first-order valence-corrected chi connectivity index (χ1v) is 6.16. The quantitative estimate of drug-likeness (QED) is 0.802. The SMILES string of the molecule is CCC(CCCc1ccc(F)c(Cl)c1)NC. The van der Waals surface area contributed by atoms with E-state index < -0.39 is 0 Å². The molecule has 1 rings (SSSR count). The molecule has 1 nitrogen and oxygen atoms in total. The minimum atomic E-state index is -0.341. The van der Waals surface area contributed by atoms with E-state index in [0.717, 1.165) is 31.2 Å². The van der Waals surface area contributed by atoms with E-state index in [1.165, 1.54) is 6.07 Å². The molecular formula is C13H19ClFN. The lowest BCUT2D eigenvalue weighted by molar-refractivity contribution is 0.491. The molecule has 90 valence electrons. The molecule has 1 aromatic rings. The molecule has 0 fully saturated rings. The van der Waals surface area contributed by atoms with Gasteiger partial charge in [-0.3, -0.25) is 0 Å². The van der Waals surface area contributed by atoms with E-state index in [0.29, 0.717) is 6.04 Å². The van der Waals surface area contributed by atoms with Crippen molar-refractivity contribution in [1.82, 2.24) is 5.32 Å². The van der Waals surface area contributed by atoms with Crippen LogP contribution in [-0.4, -0.2) is 13.1 Å². The van der Waals surface area contributed by atoms with Crippen molar-refractivity contribution in [3.63, 3.8) is 0 Å². The molecule has 3 heteroatoms. The lowest BCUT2D eigenvalue weighted by Gasteiger charge is -2.13. The molecule has 0 saturated heterocycles. The predicted octanol–water partition coefficient (Wildman–Crippen LogP) is 3.80. The Balaban J connectivity index is 2.40. The fraction of sp³-hybridized carbons (Fsp3) is 0.538. The minimum absolute atomic E-state index is 0.221. The maximum atomic E-state index is 12.9. The van der Waals surface area contributed by atoms with Gasteiger partial charge < -0.3 is 5.32 Å². The van der Waals surface area contributed by atoms with E-state index in [4.69, 9.17) is 11.6 Å². The lowest BCUT2D eigenvalue weighted by Crippen LogP contribution is -2.23. The average Bonchev–Trinajstić information content (AvgIpc) is 2.29. The molecule has 0 heterocycles. The normalized spacial score (nSPS) is 12.8. The third-order valence-electron chi connectivity index (χ3n) is 2.90. The van der Waals surface area contributed by atoms with Crippen LogP contribution in [0, 0.1) is 5.82 Å². The number of aryl methyl sites for hydroxylation is 1.